The number of β-amino-alcohol motifs (C(OH)–C–C–N with tert-alkyl or cyclic N) is 1. The number of nitrogens with zero attached hydrogens (tertiary/aromatic N) is 3. The van der Waals surface area contributed by atoms with Crippen LogP contribution in [0.15, 0.2) is 24.3 Å². The maximum atomic E-state index is 13.0. The Morgan fingerprint density at radius 3 is 2.17 bits per heavy atom. The number of anilines is 1. The van der Waals surface area contributed by atoms with Gasteiger partial charge in [-0.2, -0.15) is 13.2 Å². The Balaban J connectivity index is 1.41. The van der Waals surface area contributed by atoms with Gasteiger partial charge in [-0.25, -0.2) is 4.39 Å². The molecule has 2 aliphatic rings. The van der Waals surface area contributed by atoms with Gasteiger partial charge >= 0.3 is 6.18 Å². The van der Waals surface area contributed by atoms with Gasteiger partial charge in [-0.05, 0) is 24.3 Å². The number of halogens is 4. The Labute approximate surface area is 138 Å². The smallest absolute Gasteiger partial charge is 0.382 e. The van der Waals surface area contributed by atoms with E-state index in [1.165, 1.54) is 12.1 Å². The van der Waals surface area contributed by atoms with Crippen molar-refractivity contribution >= 4 is 5.69 Å². The molecule has 2 saturated heterocycles. The fraction of sp³-hybridized carbons (Fsp3) is 0.625. The predicted octanol–water partition coefficient (Wildman–Crippen LogP) is 1.56. The topological polar surface area (TPSA) is 30.0 Å². The Bertz CT molecular complexity index is 537. The average molecular weight is 347 g/mol. The number of hydrogen-bond acceptors (Lipinski definition) is 4. The van der Waals surface area contributed by atoms with Crippen LogP contribution >= 0.6 is 0 Å². The lowest BCUT2D eigenvalue weighted by molar-refractivity contribution is -0.212. The maximum absolute atomic E-state index is 13.0. The Hall–Kier alpha value is -1.38. The molecule has 0 saturated carbocycles. The first-order valence-corrected chi connectivity index (χ1v) is 8.04. The molecule has 2 heterocycles. The van der Waals surface area contributed by atoms with E-state index < -0.39 is 12.3 Å². The Kier molecular flexibility index (Phi) is 4.98. The van der Waals surface area contributed by atoms with Crippen LogP contribution in [0, 0.1) is 5.82 Å². The summed E-state index contributed by atoms with van der Waals surface area (Å²) in [5, 5.41) is 9.08. The van der Waals surface area contributed by atoms with Crippen LogP contribution < -0.4 is 4.90 Å². The highest BCUT2D eigenvalue weighted by Gasteiger charge is 2.42. The number of piperazine rings is 1. The van der Waals surface area contributed by atoms with Crippen molar-refractivity contribution < 1.29 is 22.7 Å². The number of likely N-dealkylation sites (tertiary alicyclic amines) is 1. The van der Waals surface area contributed by atoms with E-state index in [0.717, 1.165) is 31.9 Å². The second-order valence-electron chi connectivity index (χ2n) is 6.43. The maximum Gasteiger partial charge on any atom is 0.415 e. The van der Waals surface area contributed by atoms with Crippen molar-refractivity contribution in [3.8, 4) is 0 Å². The van der Waals surface area contributed by atoms with Gasteiger partial charge in [0.1, 0.15) is 5.82 Å². The van der Waals surface area contributed by atoms with E-state index in [4.69, 9.17) is 5.11 Å². The molecule has 0 amide bonds. The van der Waals surface area contributed by atoms with E-state index in [2.05, 4.69) is 9.80 Å². The molecule has 2 fully saturated rings. The summed E-state index contributed by atoms with van der Waals surface area (Å²) in [6.07, 6.45) is -6.82. The number of aliphatic hydroxyl groups excluding tert-OH is 1. The molecule has 0 spiro atoms. The molecule has 24 heavy (non-hydrogen) atoms. The summed E-state index contributed by atoms with van der Waals surface area (Å²) in [4.78, 5) is 6.09. The molecule has 4 nitrogen and oxygen atoms in total. The summed E-state index contributed by atoms with van der Waals surface area (Å²) in [5.41, 5.74) is 0.986. The fourth-order valence-electron chi connectivity index (χ4n) is 3.27. The highest BCUT2D eigenvalue weighted by atomic mass is 19.4. The molecule has 1 N–H and O–H groups in total. The number of rotatable bonds is 4. The largest absolute Gasteiger partial charge is 0.415 e. The summed E-state index contributed by atoms with van der Waals surface area (Å²) in [5.74, 6) is -0.256. The van der Waals surface area contributed by atoms with Crippen molar-refractivity contribution in [2.45, 2.75) is 18.3 Å². The molecular formula is C16H21F4N3O. The Morgan fingerprint density at radius 2 is 1.62 bits per heavy atom. The van der Waals surface area contributed by atoms with Crippen LogP contribution in [0.5, 0.6) is 0 Å². The summed E-state index contributed by atoms with van der Waals surface area (Å²) in [6.45, 7) is 4.05. The van der Waals surface area contributed by atoms with E-state index >= 15 is 0 Å². The minimum Gasteiger partial charge on any atom is -0.382 e. The third-order valence-electron chi connectivity index (χ3n) is 4.77. The molecule has 0 radical (unpaired) electrons. The first-order valence-electron chi connectivity index (χ1n) is 8.04. The van der Waals surface area contributed by atoms with Crippen LogP contribution in [0.25, 0.3) is 0 Å². The molecule has 0 bridgehead atoms. The van der Waals surface area contributed by atoms with E-state index in [0.29, 0.717) is 13.1 Å². The molecule has 1 aromatic rings. The standard InChI is InChI=1S/C16H21F4N3O/c17-12-1-3-13(4-2-12)22-5-7-23(8-6-22)14-9-21(10-14)11-15(24)16(18,19)20/h1-4,14-15,24H,5-11H2. The zero-order valence-electron chi connectivity index (χ0n) is 13.2. The molecule has 1 atom stereocenters. The van der Waals surface area contributed by atoms with Crippen LogP contribution in [0.2, 0.25) is 0 Å². The van der Waals surface area contributed by atoms with Gasteiger partial charge in [0.05, 0.1) is 0 Å². The fourth-order valence-corrected chi connectivity index (χ4v) is 3.27. The van der Waals surface area contributed by atoms with E-state index in [9.17, 15) is 17.6 Å². The molecule has 134 valence electrons. The average Bonchev–Trinajstić information content (AvgIpc) is 2.50. The minimum atomic E-state index is -4.55. The van der Waals surface area contributed by atoms with Gasteiger partial charge in [-0.3, -0.25) is 9.80 Å². The van der Waals surface area contributed by atoms with Crippen molar-refractivity contribution in [2.24, 2.45) is 0 Å². The van der Waals surface area contributed by atoms with Crippen LogP contribution in [-0.2, 0) is 0 Å². The highest BCUT2D eigenvalue weighted by Crippen LogP contribution is 2.25. The first kappa shape index (κ1) is 17.4. The lowest BCUT2D eigenvalue weighted by atomic mass is 10.0. The zero-order valence-corrected chi connectivity index (χ0v) is 13.2. The summed E-state index contributed by atoms with van der Waals surface area (Å²) in [7, 11) is 0. The number of benzene rings is 1. The molecule has 1 unspecified atom stereocenters. The molecular weight excluding hydrogens is 326 g/mol. The van der Waals surface area contributed by atoms with Gasteiger partial charge in [-0.1, -0.05) is 0 Å². The first-order chi connectivity index (χ1) is 11.3. The third kappa shape index (κ3) is 3.99. The summed E-state index contributed by atoms with van der Waals surface area (Å²) in [6, 6.07) is 6.65. The Morgan fingerprint density at radius 1 is 1.04 bits per heavy atom. The monoisotopic (exact) mass is 347 g/mol. The second-order valence-corrected chi connectivity index (χ2v) is 6.43. The van der Waals surface area contributed by atoms with Crippen molar-refractivity contribution in [3.05, 3.63) is 30.1 Å². The number of hydrogen-bond donors (Lipinski definition) is 1. The van der Waals surface area contributed by atoms with Gasteiger partial charge in [-0.15, -0.1) is 0 Å². The highest BCUT2D eigenvalue weighted by molar-refractivity contribution is 5.46. The predicted molar refractivity (Wildman–Crippen MR) is 82.5 cm³/mol. The van der Waals surface area contributed by atoms with Crippen LogP contribution in [-0.4, -0.2) is 79.0 Å². The van der Waals surface area contributed by atoms with Crippen LogP contribution in [0.4, 0.5) is 23.2 Å². The lowest BCUT2D eigenvalue weighted by Crippen LogP contribution is -2.64. The van der Waals surface area contributed by atoms with Gasteiger partial charge in [0.15, 0.2) is 6.10 Å². The number of alkyl halides is 3. The van der Waals surface area contributed by atoms with Crippen LogP contribution in [0.3, 0.4) is 0 Å². The summed E-state index contributed by atoms with van der Waals surface area (Å²) >= 11 is 0. The molecule has 0 aliphatic carbocycles. The van der Waals surface area contributed by atoms with E-state index in [1.807, 2.05) is 0 Å². The molecule has 0 aromatic heterocycles. The third-order valence-corrected chi connectivity index (χ3v) is 4.77. The normalized spacial score (nSPS) is 22.5. The van der Waals surface area contributed by atoms with Crippen LogP contribution in [0.1, 0.15) is 0 Å². The van der Waals surface area contributed by atoms with Crippen molar-refractivity contribution in [1.29, 1.82) is 0 Å². The lowest BCUT2D eigenvalue weighted by Gasteiger charge is -2.49. The SMILES string of the molecule is OC(CN1CC(N2CCN(c3ccc(F)cc3)CC2)C1)C(F)(F)F. The molecule has 1 aromatic carbocycles. The zero-order chi connectivity index (χ0) is 17.3. The summed E-state index contributed by atoms with van der Waals surface area (Å²) < 4.78 is 50.0. The minimum absolute atomic E-state index is 0.251. The van der Waals surface area contributed by atoms with Gasteiger partial charge in [0.25, 0.3) is 0 Å². The van der Waals surface area contributed by atoms with E-state index in [-0.39, 0.29) is 18.4 Å². The van der Waals surface area contributed by atoms with Gasteiger partial charge in [0.2, 0.25) is 0 Å². The molecule has 3 rings (SSSR count). The van der Waals surface area contributed by atoms with Crippen molar-refractivity contribution in [2.75, 3.05) is 50.7 Å². The number of aliphatic hydroxyl groups is 1. The van der Waals surface area contributed by atoms with Crippen molar-refractivity contribution in [1.82, 2.24) is 9.80 Å². The van der Waals surface area contributed by atoms with E-state index in [1.54, 1.807) is 17.0 Å². The van der Waals surface area contributed by atoms with Gasteiger partial charge < -0.3 is 10.0 Å². The van der Waals surface area contributed by atoms with Crippen molar-refractivity contribution in [3.63, 3.8) is 0 Å². The molecule has 2 aliphatic heterocycles. The quantitative estimate of drug-likeness (QED) is 0.838. The van der Waals surface area contributed by atoms with Gasteiger partial charge in [0, 0.05) is 57.5 Å². The second kappa shape index (κ2) is 6.85. The molecule has 8 heteroatoms.